The lowest BCUT2D eigenvalue weighted by molar-refractivity contribution is 0.448. The minimum Gasteiger partial charge on any atom is -0.326 e. The molecule has 0 radical (unpaired) electrons. The molecule has 2 aromatic rings. The van der Waals surface area contributed by atoms with Crippen LogP contribution in [0.4, 0.5) is 0 Å². The predicted octanol–water partition coefficient (Wildman–Crippen LogP) is 3.37. The summed E-state index contributed by atoms with van der Waals surface area (Å²) in [7, 11) is 0. The summed E-state index contributed by atoms with van der Waals surface area (Å²) in [6.45, 7) is 10.6. The largest absolute Gasteiger partial charge is 0.326 e. The van der Waals surface area contributed by atoms with Crippen molar-refractivity contribution in [3.63, 3.8) is 0 Å². The molecule has 0 aliphatic carbocycles. The molecule has 0 saturated heterocycles. The molecule has 0 saturated carbocycles. The molecule has 2 heterocycles. The zero-order chi connectivity index (χ0) is 14.2. The Morgan fingerprint density at radius 2 is 2.05 bits per heavy atom. The first-order valence-electron chi connectivity index (χ1n) is 6.81. The van der Waals surface area contributed by atoms with E-state index in [0.29, 0.717) is 0 Å². The van der Waals surface area contributed by atoms with Gasteiger partial charge in [0.15, 0.2) is 0 Å². The molecule has 2 N–H and O–H groups in total. The van der Waals surface area contributed by atoms with Crippen molar-refractivity contribution >= 4 is 11.3 Å². The SMILES string of the molecule is CCc1c(C)nn(C(c2sccc2C)C(C)N)c1C. The van der Waals surface area contributed by atoms with Crippen molar-refractivity contribution in [2.24, 2.45) is 5.73 Å². The van der Waals surface area contributed by atoms with Gasteiger partial charge < -0.3 is 5.73 Å². The standard InChI is InChI=1S/C15H23N3S/c1-6-13-11(4)17-18(12(13)5)14(10(3)16)15-9(2)7-8-19-15/h7-8,10,14H,6,16H2,1-5H3. The number of hydrogen-bond acceptors (Lipinski definition) is 3. The molecular weight excluding hydrogens is 254 g/mol. The van der Waals surface area contributed by atoms with Gasteiger partial charge in [-0.25, -0.2) is 0 Å². The third-order valence-electron chi connectivity index (χ3n) is 3.76. The van der Waals surface area contributed by atoms with Crippen LogP contribution >= 0.6 is 11.3 Å². The Morgan fingerprint density at radius 1 is 1.37 bits per heavy atom. The van der Waals surface area contributed by atoms with Crippen LogP contribution in [-0.4, -0.2) is 15.8 Å². The molecule has 0 fully saturated rings. The number of aromatic nitrogens is 2. The van der Waals surface area contributed by atoms with E-state index in [9.17, 15) is 0 Å². The summed E-state index contributed by atoms with van der Waals surface area (Å²) in [6.07, 6.45) is 1.02. The Balaban J connectivity index is 2.55. The number of thiophene rings is 1. The van der Waals surface area contributed by atoms with Crippen molar-refractivity contribution in [3.8, 4) is 0 Å². The molecule has 2 aromatic heterocycles. The molecule has 2 rings (SSSR count). The molecule has 0 bridgehead atoms. The van der Waals surface area contributed by atoms with Gasteiger partial charge in [0.2, 0.25) is 0 Å². The molecule has 0 aromatic carbocycles. The van der Waals surface area contributed by atoms with Crippen LogP contribution in [-0.2, 0) is 6.42 Å². The van der Waals surface area contributed by atoms with Gasteiger partial charge in [0.05, 0.1) is 5.69 Å². The maximum absolute atomic E-state index is 6.24. The van der Waals surface area contributed by atoms with E-state index < -0.39 is 0 Å². The van der Waals surface area contributed by atoms with E-state index in [2.05, 4.69) is 50.7 Å². The number of aryl methyl sites for hydroxylation is 2. The van der Waals surface area contributed by atoms with E-state index in [-0.39, 0.29) is 12.1 Å². The van der Waals surface area contributed by atoms with Gasteiger partial charge in [-0.15, -0.1) is 11.3 Å². The summed E-state index contributed by atoms with van der Waals surface area (Å²) in [6, 6.07) is 2.33. The van der Waals surface area contributed by atoms with E-state index in [1.54, 1.807) is 11.3 Å². The molecule has 0 amide bonds. The van der Waals surface area contributed by atoms with Crippen molar-refractivity contribution < 1.29 is 0 Å². The Morgan fingerprint density at radius 3 is 2.47 bits per heavy atom. The van der Waals surface area contributed by atoms with Crippen molar-refractivity contribution in [1.82, 2.24) is 9.78 Å². The van der Waals surface area contributed by atoms with Gasteiger partial charge in [0.25, 0.3) is 0 Å². The Labute approximate surface area is 119 Å². The Kier molecular flexibility index (Phi) is 4.11. The average molecular weight is 277 g/mol. The average Bonchev–Trinajstić information content (AvgIpc) is 2.86. The minimum absolute atomic E-state index is 0.0417. The van der Waals surface area contributed by atoms with Gasteiger partial charge in [-0.2, -0.15) is 5.10 Å². The van der Waals surface area contributed by atoms with Crippen molar-refractivity contribution in [1.29, 1.82) is 0 Å². The Bertz CT molecular complexity index is 566. The van der Waals surface area contributed by atoms with Crippen LogP contribution in [0, 0.1) is 20.8 Å². The van der Waals surface area contributed by atoms with E-state index in [0.717, 1.165) is 12.1 Å². The zero-order valence-corrected chi connectivity index (χ0v) is 13.2. The minimum atomic E-state index is 0.0417. The third-order valence-corrected chi connectivity index (χ3v) is 4.85. The number of nitrogens with two attached hydrogens (primary N) is 1. The first kappa shape index (κ1) is 14.3. The van der Waals surface area contributed by atoms with E-state index >= 15 is 0 Å². The summed E-state index contributed by atoms with van der Waals surface area (Å²) in [4.78, 5) is 1.32. The second kappa shape index (κ2) is 5.47. The lowest BCUT2D eigenvalue weighted by Gasteiger charge is -2.23. The fourth-order valence-electron chi connectivity index (χ4n) is 2.74. The van der Waals surface area contributed by atoms with Crippen LogP contribution in [0.15, 0.2) is 11.4 Å². The van der Waals surface area contributed by atoms with Gasteiger partial charge in [0, 0.05) is 16.6 Å². The van der Waals surface area contributed by atoms with Crippen LogP contribution in [0.1, 0.15) is 47.3 Å². The highest BCUT2D eigenvalue weighted by molar-refractivity contribution is 7.10. The van der Waals surface area contributed by atoms with Crippen LogP contribution in [0.2, 0.25) is 0 Å². The van der Waals surface area contributed by atoms with Gasteiger partial charge >= 0.3 is 0 Å². The topological polar surface area (TPSA) is 43.8 Å². The van der Waals surface area contributed by atoms with Gasteiger partial charge in [-0.3, -0.25) is 4.68 Å². The van der Waals surface area contributed by atoms with Crippen LogP contribution in [0.3, 0.4) is 0 Å². The summed E-state index contributed by atoms with van der Waals surface area (Å²) < 4.78 is 2.12. The van der Waals surface area contributed by atoms with E-state index in [1.807, 2.05) is 0 Å². The molecule has 0 spiro atoms. The molecule has 3 nitrogen and oxygen atoms in total. The maximum atomic E-state index is 6.24. The smallest absolute Gasteiger partial charge is 0.101 e. The van der Waals surface area contributed by atoms with Crippen LogP contribution in [0.25, 0.3) is 0 Å². The quantitative estimate of drug-likeness (QED) is 0.931. The summed E-state index contributed by atoms with van der Waals surface area (Å²) in [5.41, 5.74) is 11.3. The number of hydrogen-bond donors (Lipinski definition) is 1. The second-order valence-electron chi connectivity index (χ2n) is 5.22. The fraction of sp³-hybridized carbons (Fsp3) is 0.533. The first-order valence-corrected chi connectivity index (χ1v) is 7.69. The zero-order valence-electron chi connectivity index (χ0n) is 12.4. The molecule has 19 heavy (non-hydrogen) atoms. The highest BCUT2D eigenvalue weighted by Crippen LogP contribution is 2.31. The lowest BCUT2D eigenvalue weighted by Crippen LogP contribution is -2.31. The highest BCUT2D eigenvalue weighted by atomic mass is 32.1. The third kappa shape index (κ3) is 2.47. The van der Waals surface area contributed by atoms with Crippen molar-refractivity contribution in [2.75, 3.05) is 0 Å². The molecule has 104 valence electrons. The van der Waals surface area contributed by atoms with Gasteiger partial charge in [0.1, 0.15) is 6.04 Å². The van der Waals surface area contributed by atoms with E-state index in [4.69, 9.17) is 10.8 Å². The van der Waals surface area contributed by atoms with Crippen LogP contribution < -0.4 is 5.73 Å². The molecule has 0 aliphatic heterocycles. The highest BCUT2D eigenvalue weighted by Gasteiger charge is 2.25. The Hall–Kier alpha value is -1.13. The maximum Gasteiger partial charge on any atom is 0.101 e. The molecule has 4 heteroatoms. The molecule has 2 atom stereocenters. The number of rotatable bonds is 4. The predicted molar refractivity (Wildman–Crippen MR) is 81.9 cm³/mol. The fourth-order valence-corrected chi connectivity index (χ4v) is 3.87. The number of nitrogens with zero attached hydrogens (tertiary/aromatic N) is 2. The van der Waals surface area contributed by atoms with Gasteiger partial charge in [-0.05, 0) is 56.7 Å². The summed E-state index contributed by atoms with van der Waals surface area (Å²) in [5.74, 6) is 0. The van der Waals surface area contributed by atoms with Crippen LogP contribution in [0.5, 0.6) is 0 Å². The monoisotopic (exact) mass is 277 g/mol. The molecular formula is C15H23N3S. The normalized spacial score (nSPS) is 14.6. The first-order chi connectivity index (χ1) is 8.97. The lowest BCUT2D eigenvalue weighted by atomic mass is 10.1. The van der Waals surface area contributed by atoms with E-state index in [1.165, 1.54) is 21.7 Å². The molecule has 0 aliphatic rings. The summed E-state index contributed by atoms with van der Waals surface area (Å²) >= 11 is 1.77. The van der Waals surface area contributed by atoms with Gasteiger partial charge in [-0.1, -0.05) is 6.92 Å². The summed E-state index contributed by atoms with van der Waals surface area (Å²) in [5, 5.41) is 6.87. The van der Waals surface area contributed by atoms with Crippen molar-refractivity contribution in [2.45, 2.75) is 53.1 Å². The second-order valence-corrected chi connectivity index (χ2v) is 6.17. The van der Waals surface area contributed by atoms with Crippen molar-refractivity contribution in [3.05, 3.63) is 38.8 Å². The molecule has 2 unspecified atom stereocenters.